The van der Waals surface area contributed by atoms with Crippen molar-refractivity contribution in [2.45, 2.75) is 91.8 Å². The first-order valence-electron chi connectivity index (χ1n) is 12.2. The molecule has 2 rings (SSSR count). The van der Waals surface area contributed by atoms with Gasteiger partial charge in [0.1, 0.15) is 0 Å². The van der Waals surface area contributed by atoms with Crippen LogP contribution in [0.3, 0.4) is 0 Å². The topological polar surface area (TPSA) is 104 Å². The highest BCUT2D eigenvalue weighted by Gasteiger charge is 2.26. The lowest BCUT2D eigenvalue weighted by molar-refractivity contribution is 0.119. The molecule has 0 saturated carbocycles. The number of imidazole rings is 2. The van der Waals surface area contributed by atoms with Crippen molar-refractivity contribution in [2.75, 3.05) is 13.2 Å². The van der Waals surface area contributed by atoms with Crippen LogP contribution in [0.5, 0.6) is 11.8 Å². The number of aryl methyl sites for hydroxylation is 1. The summed E-state index contributed by atoms with van der Waals surface area (Å²) in [5.41, 5.74) is -1.08. The minimum atomic E-state index is -0.504. The lowest BCUT2D eigenvalue weighted by atomic mass is 9.87. The molecule has 0 saturated heterocycles. The van der Waals surface area contributed by atoms with Crippen molar-refractivity contribution in [3.63, 3.8) is 0 Å². The molecule has 9 heteroatoms. The Morgan fingerprint density at radius 1 is 0.941 bits per heavy atom. The zero-order valence-electron chi connectivity index (χ0n) is 21.4. The second-order valence-electron chi connectivity index (χ2n) is 10.3. The van der Waals surface area contributed by atoms with E-state index in [0.29, 0.717) is 26.3 Å². The van der Waals surface area contributed by atoms with Gasteiger partial charge in [-0.3, -0.25) is 18.3 Å². The summed E-state index contributed by atoms with van der Waals surface area (Å²) in [6, 6.07) is 0. The molecule has 2 aromatic heterocycles. The average molecular weight is 479 g/mol. The van der Waals surface area contributed by atoms with Gasteiger partial charge in [0.25, 0.3) is 0 Å². The molecule has 0 atom stereocenters. The Kier molecular flexibility index (Phi) is 9.44. The Bertz CT molecular complexity index is 1050. The summed E-state index contributed by atoms with van der Waals surface area (Å²) in [5, 5.41) is 20.2. The van der Waals surface area contributed by atoms with E-state index in [1.807, 2.05) is 20.8 Å². The summed E-state index contributed by atoms with van der Waals surface area (Å²) >= 11 is 0. The van der Waals surface area contributed by atoms with E-state index in [2.05, 4.69) is 20.4 Å². The van der Waals surface area contributed by atoms with Crippen molar-refractivity contribution in [1.82, 2.24) is 18.3 Å². The van der Waals surface area contributed by atoms with Crippen LogP contribution in [0.4, 0.5) is 0 Å². The number of ether oxygens (including phenoxy) is 1. The van der Waals surface area contributed by atoms with Gasteiger partial charge in [-0.1, -0.05) is 26.8 Å². The SMILES string of the molecule is C=Cn1cc(O)n(C(C)(C)CCCCOCCCCC(C)(C)Cn2c(O)cn(CC)c2=O)c1=O. The van der Waals surface area contributed by atoms with Crippen molar-refractivity contribution in [3.8, 4) is 11.8 Å². The van der Waals surface area contributed by atoms with Gasteiger partial charge >= 0.3 is 11.4 Å². The second kappa shape index (κ2) is 11.6. The van der Waals surface area contributed by atoms with Gasteiger partial charge in [0.2, 0.25) is 11.8 Å². The number of unbranched alkanes of at least 4 members (excludes halogenated alkanes) is 2. The molecule has 0 fully saturated rings. The maximum Gasteiger partial charge on any atom is 0.335 e. The maximum atomic E-state index is 12.4. The van der Waals surface area contributed by atoms with Gasteiger partial charge in [0.05, 0.1) is 12.4 Å². The van der Waals surface area contributed by atoms with Gasteiger partial charge in [-0.2, -0.15) is 0 Å². The lowest BCUT2D eigenvalue weighted by Crippen LogP contribution is -2.36. The van der Waals surface area contributed by atoms with Gasteiger partial charge in [-0.05, 0) is 58.3 Å². The van der Waals surface area contributed by atoms with Gasteiger partial charge < -0.3 is 14.9 Å². The standard InChI is InChI=1S/C25H42N4O5/c1-7-26-17-20(30)28(22(26)32)19-24(3,4)13-9-11-15-34-16-12-10-14-25(5,6)29-21(31)18-27(8-2)23(29)33/h8,17-18,30-31H,2,7,9-16,19H2,1,3-6H3. The van der Waals surface area contributed by atoms with Crippen LogP contribution >= 0.6 is 0 Å². The van der Waals surface area contributed by atoms with Crippen LogP contribution in [-0.4, -0.2) is 41.7 Å². The highest BCUT2D eigenvalue weighted by molar-refractivity contribution is 5.22. The molecule has 0 spiro atoms. The van der Waals surface area contributed by atoms with Gasteiger partial charge in [0, 0.05) is 38.0 Å². The van der Waals surface area contributed by atoms with Crippen LogP contribution in [0.1, 0.15) is 73.1 Å². The molecule has 0 radical (unpaired) electrons. The van der Waals surface area contributed by atoms with Crippen LogP contribution in [-0.2, 0) is 23.4 Å². The predicted molar refractivity (Wildman–Crippen MR) is 134 cm³/mol. The molecule has 34 heavy (non-hydrogen) atoms. The van der Waals surface area contributed by atoms with Crippen molar-refractivity contribution in [2.24, 2.45) is 5.41 Å². The Labute approximate surface area is 201 Å². The number of hydrogen-bond donors (Lipinski definition) is 2. The summed E-state index contributed by atoms with van der Waals surface area (Å²) in [6.07, 6.45) is 9.59. The molecule has 2 aromatic rings. The molecular formula is C25H42N4O5. The fraction of sp³-hybridized carbons (Fsp3) is 0.680. The molecule has 0 aliphatic heterocycles. The summed E-state index contributed by atoms with van der Waals surface area (Å²) in [6.45, 7) is 15.9. The smallest absolute Gasteiger partial charge is 0.335 e. The maximum absolute atomic E-state index is 12.4. The van der Waals surface area contributed by atoms with Crippen molar-refractivity contribution >= 4 is 6.20 Å². The van der Waals surface area contributed by atoms with E-state index in [1.54, 1.807) is 0 Å². The Morgan fingerprint density at radius 3 is 2.09 bits per heavy atom. The zero-order chi connectivity index (χ0) is 25.5. The Morgan fingerprint density at radius 2 is 1.56 bits per heavy atom. The molecule has 0 aliphatic rings. The Hall–Kier alpha value is -2.68. The fourth-order valence-corrected chi connectivity index (χ4v) is 4.33. The van der Waals surface area contributed by atoms with Crippen LogP contribution < -0.4 is 11.4 Å². The summed E-state index contributed by atoms with van der Waals surface area (Å²) in [7, 11) is 0. The normalized spacial score (nSPS) is 12.4. The zero-order valence-corrected chi connectivity index (χ0v) is 21.4. The quantitative estimate of drug-likeness (QED) is 0.377. The lowest BCUT2D eigenvalue weighted by Gasteiger charge is -2.26. The molecular weight excluding hydrogens is 436 g/mol. The number of hydrogen-bond acceptors (Lipinski definition) is 5. The third-order valence-electron chi connectivity index (χ3n) is 6.37. The highest BCUT2D eigenvalue weighted by Crippen LogP contribution is 2.27. The monoisotopic (exact) mass is 478 g/mol. The summed E-state index contributed by atoms with van der Waals surface area (Å²) < 4.78 is 11.4. The van der Waals surface area contributed by atoms with E-state index in [0.717, 1.165) is 38.5 Å². The molecule has 2 heterocycles. The van der Waals surface area contributed by atoms with Crippen molar-refractivity contribution in [3.05, 3.63) is 39.9 Å². The summed E-state index contributed by atoms with van der Waals surface area (Å²) in [4.78, 5) is 24.7. The van der Waals surface area contributed by atoms with Gasteiger partial charge in [-0.25, -0.2) is 9.59 Å². The Balaban J connectivity index is 1.65. The van der Waals surface area contributed by atoms with E-state index in [4.69, 9.17) is 4.74 Å². The first-order valence-corrected chi connectivity index (χ1v) is 12.2. The van der Waals surface area contributed by atoms with E-state index in [1.165, 1.54) is 36.9 Å². The van der Waals surface area contributed by atoms with Crippen LogP contribution in [0.25, 0.3) is 6.20 Å². The first-order chi connectivity index (χ1) is 15.9. The van der Waals surface area contributed by atoms with Gasteiger partial charge in [-0.15, -0.1) is 0 Å². The van der Waals surface area contributed by atoms with Crippen molar-refractivity contribution in [1.29, 1.82) is 0 Å². The minimum Gasteiger partial charge on any atom is -0.493 e. The molecule has 0 bridgehead atoms. The number of nitrogens with zero attached hydrogens (tertiary/aromatic N) is 4. The third kappa shape index (κ3) is 6.91. The molecule has 2 N–H and O–H groups in total. The fourth-order valence-electron chi connectivity index (χ4n) is 4.33. The highest BCUT2D eigenvalue weighted by atomic mass is 16.5. The molecule has 0 aromatic carbocycles. The largest absolute Gasteiger partial charge is 0.493 e. The second-order valence-corrected chi connectivity index (χ2v) is 10.3. The van der Waals surface area contributed by atoms with Crippen LogP contribution in [0.2, 0.25) is 0 Å². The average Bonchev–Trinajstić information content (AvgIpc) is 3.21. The summed E-state index contributed by atoms with van der Waals surface area (Å²) in [5.74, 6) is -0.0399. The number of aromatic nitrogens is 4. The van der Waals surface area contributed by atoms with Crippen LogP contribution in [0.15, 0.2) is 28.6 Å². The molecule has 0 unspecified atom stereocenters. The van der Waals surface area contributed by atoms with Gasteiger partial charge in [0.15, 0.2) is 0 Å². The van der Waals surface area contributed by atoms with Crippen molar-refractivity contribution < 1.29 is 14.9 Å². The van der Waals surface area contributed by atoms with E-state index in [9.17, 15) is 19.8 Å². The molecule has 9 nitrogen and oxygen atoms in total. The minimum absolute atomic E-state index is 0.0183. The molecule has 0 amide bonds. The first kappa shape index (κ1) is 27.6. The van der Waals surface area contributed by atoms with E-state index >= 15 is 0 Å². The predicted octanol–water partition coefficient (Wildman–Crippen LogP) is 3.96. The number of aromatic hydroxyl groups is 2. The third-order valence-corrected chi connectivity index (χ3v) is 6.37. The molecule has 192 valence electrons. The van der Waals surface area contributed by atoms with E-state index < -0.39 is 5.54 Å². The number of rotatable bonds is 15. The van der Waals surface area contributed by atoms with Crippen LogP contribution in [0, 0.1) is 5.41 Å². The van der Waals surface area contributed by atoms with E-state index in [-0.39, 0.29) is 28.6 Å². The molecule has 0 aliphatic carbocycles.